The normalized spacial score (nSPS) is 12.0. The fourth-order valence-electron chi connectivity index (χ4n) is 2.35. The topological polar surface area (TPSA) is 122 Å². The smallest absolute Gasteiger partial charge is 0.389 e. The lowest BCUT2D eigenvalue weighted by Crippen LogP contribution is -2.26. The van der Waals surface area contributed by atoms with E-state index in [0.717, 1.165) is 0 Å². The zero-order valence-electron chi connectivity index (χ0n) is 15.2. The summed E-state index contributed by atoms with van der Waals surface area (Å²) in [5.41, 5.74) is -7.28. The number of halogens is 6. The van der Waals surface area contributed by atoms with Crippen LogP contribution in [0.4, 0.5) is 26.3 Å². The van der Waals surface area contributed by atoms with Gasteiger partial charge < -0.3 is 4.74 Å². The van der Waals surface area contributed by atoms with Gasteiger partial charge in [0.05, 0.1) is 22.4 Å². The Balaban J connectivity index is 2.31. The molecule has 168 valence electrons. The summed E-state index contributed by atoms with van der Waals surface area (Å²) in [6, 6.07) is 0.168. The van der Waals surface area contributed by atoms with Crippen LogP contribution >= 0.6 is 11.8 Å². The molecule has 0 radical (unpaired) electrons. The Morgan fingerprint density at radius 2 is 1.68 bits per heavy atom. The standard InChI is InChI=1S/C16H11F6N3O5S/c1-2-6-3-9(16(20,21)22)7(4-8(6)15(17,18)19)13(28)30-10(26)5-31-12-11(27)23-14(29)25-24-12/h3-4H,2,5H2,1H3,(H2,23,25,27,29). The van der Waals surface area contributed by atoms with Crippen LogP contribution in [-0.4, -0.2) is 32.9 Å². The summed E-state index contributed by atoms with van der Waals surface area (Å²) in [6.45, 7) is 1.20. The number of aromatic nitrogens is 3. The van der Waals surface area contributed by atoms with Crippen molar-refractivity contribution in [3.63, 3.8) is 0 Å². The molecule has 0 saturated carbocycles. The minimum Gasteiger partial charge on any atom is -0.389 e. The fourth-order valence-corrected chi connectivity index (χ4v) is 2.96. The van der Waals surface area contributed by atoms with E-state index in [1.165, 1.54) is 6.92 Å². The highest BCUT2D eigenvalue weighted by Crippen LogP contribution is 2.39. The zero-order valence-corrected chi connectivity index (χ0v) is 16.0. The van der Waals surface area contributed by atoms with Gasteiger partial charge in [0.15, 0.2) is 5.03 Å². The Hall–Kier alpha value is -3.10. The largest absolute Gasteiger partial charge is 0.417 e. The molecule has 0 amide bonds. The van der Waals surface area contributed by atoms with Crippen molar-refractivity contribution < 1.29 is 40.7 Å². The number of esters is 2. The Morgan fingerprint density at radius 3 is 2.19 bits per heavy atom. The summed E-state index contributed by atoms with van der Waals surface area (Å²) in [4.78, 5) is 47.9. The van der Waals surface area contributed by atoms with Gasteiger partial charge in [0, 0.05) is 0 Å². The molecule has 1 heterocycles. The number of alkyl halides is 6. The SMILES string of the molecule is CCc1cc(C(F)(F)F)c(C(=O)OC(=O)CSc2n[nH]c(=O)[nH]c2=O)cc1C(F)(F)F. The number of aromatic amines is 2. The predicted molar refractivity (Wildman–Crippen MR) is 92.4 cm³/mol. The maximum Gasteiger partial charge on any atom is 0.417 e. The van der Waals surface area contributed by atoms with Crippen LogP contribution in [0.3, 0.4) is 0 Å². The first-order valence-corrected chi connectivity index (χ1v) is 9.10. The van der Waals surface area contributed by atoms with Crippen molar-refractivity contribution in [1.29, 1.82) is 0 Å². The lowest BCUT2D eigenvalue weighted by atomic mass is 9.96. The van der Waals surface area contributed by atoms with Crippen molar-refractivity contribution in [1.82, 2.24) is 15.2 Å². The highest BCUT2D eigenvalue weighted by Gasteiger charge is 2.41. The number of rotatable bonds is 5. The van der Waals surface area contributed by atoms with E-state index in [9.17, 15) is 45.5 Å². The first kappa shape index (κ1) is 24.2. The summed E-state index contributed by atoms with van der Waals surface area (Å²) < 4.78 is 83.6. The highest BCUT2D eigenvalue weighted by molar-refractivity contribution is 7.99. The number of benzene rings is 1. The number of hydrogen-bond donors (Lipinski definition) is 2. The lowest BCUT2D eigenvalue weighted by Gasteiger charge is -2.18. The van der Waals surface area contributed by atoms with Gasteiger partial charge in [-0.05, 0) is 24.1 Å². The van der Waals surface area contributed by atoms with Gasteiger partial charge in [0.25, 0.3) is 5.56 Å². The molecule has 1 aromatic carbocycles. The van der Waals surface area contributed by atoms with E-state index in [0.29, 0.717) is 11.8 Å². The number of H-pyrrole nitrogens is 2. The molecule has 8 nitrogen and oxygen atoms in total. The number of nitrogens with one attached hydrogen (secondary N) is 2. The lowest BCUT2D eigenvalue weighted by molar-refractivity contribution is -0.142. The predicted octanol–water partition coefficient (Wildman–Crippen LogP) is 2.53. The molecule has 2 aromatic rings. The minimum absolute atomic E-state index is 0.0153. The van der Waals surface area contributed by atoms with E-state index in [-0.39, 0.29) is 12.1 Å². The quantitative estimate of drug-likeness (QED) is 0.298. The van der Waals surface area contributed by atoms with Gasteiger partial charge in [0.2, 0.25) is 0 Å². The van der Waals surface area contributed by atoms with Crippen molar-refractivity contribution in [3.8, 4) is 0 Å². The number of hydrogen-bond acceptors (Lipinski definition) is 7. The van der Waals surface area contributed by atoms with Crippen LogP contribution in [0.25, 0.3) is 0 Å². The fraction of sp³-hybridized carbons (Fsp3) is 0.312. The number of thioether (sulfide) groups is 1. The third-order valence-electron chi connectivity index (χ3n) is 3.67. The number of ether oxygens (including phenoxy) is 1. The van der Waals surface area contributed by atoms with E-state index in [1.807, 2.05) is 5.10 Å². The molecule has 1 aromatic heterocycles. The van der Waals surface area contributed by atoms with Crippen molar-refractivity contribution in [2.24, 2.45) is 0 Å². The first-order chi connectivity index (χ1) is 14.2. The molecule has 0 aliphatic heterocycles. The van der Waals surface area contributed by atoms with Crippen molar-refractivity contribution in [3.05, 3.63) is 55.2 Å². The minimum atomic E-state index is -5.20. The summed E-state index contributed by atoms with van der Waals surface area (Å²) in [6.07, 6.45) is -10.7. The van der Waals surface area contributed by atoms with Gasteiger partial charge in [-0.15, -0.1) is 0 Å². The van der Waals surface area contributed by atoms with Crippen LogP contribution in [0.2, 0.25) is 0 Å². The van der Waals surface area contributed by atoms with Crippen molar-refractivity contribution in [2.75, 3.05) is 5.75 Å². The molecule has 2 rings (SSSR count). The maximum atomic E-state index is 13.3. The molecule has 0 spiro atoms. The van der Waals surface area contributed by atoms with E-state index in [2.05, 4.69) is 9.84 Å². The van der Waals surface area contributed by atoms with Gasteiger partial charge in [-0.25, -0.2) is 14.7 Å². The molecule has 0 unspecified atom stereocenters. The highest BCUT2D eigenvalue weighted by atomic mass is 32.2. The molecule has 0 saturated heterocycles. The van der Waals surface area contributed by atoms with Gasteiger partial charge in [-0.1, -0.05) is 18.7 Å². The van der Waals surface area contributed by atoms with Crippen LogP contribution in [0.5, 0.6) is 0 Å². The summed E-state index contributed by atoms with van der Waals surface area (Å²) in [7, 11) is 0. The second kappa shape index (κ2) is 8.95. The van der Waals surface area contributed by atoms with Crippen LogP contribution < -0.4 is 11.2 Å². The van der Waals surface area contributed by atoms with Crippen molar-refractivity contribution in [2.45, 2.75) is 30.7 Å². The molecule has 15 heteroatoms. The number of carbonyl (C=O) groups is 2. The number of aryl methyl sites for hydroxylation is 1. The summed E-state index contributed by atoms with van der Waals surface area (Å²) in [5.74, 6) is -4.22. The van der Waals surface area contributed by atoms with Crippen LogP contribution in [0.15, 0.2) is 26.7 Å². The third-order valence-corrected chi connectivity index (χ3v) is 4.60. The Kier molecular flexibility index (Phi) is 6.98. The van der Waals surface area contributed by atoms with Gasteiger partial charge in [-0.2, -0.15) is 31.4 Å². The Morgan fingerprint density at radius 1 is 1.06 bits per heavy atom. The molecule has 2 N–H and O–H groups in total. The van der Waals surface area contributed by atoms with Crippen LogP contribution in [0.1, 0.15) is 34.0 Å². The molecule has 0 aliphatic carbocycles. The first-order valence-electron chi connectivity index (χ1n) is 8.12. The Labute approximate surface area is 172 Å². The van der Waals surface area contributed by atoms with Crippen LogP contribution in [0, 0.1) is 0 Å². The third kappa shape index (κ3) is 5.96. The number of nitrogens with zero attached hydrogens (tertiary/aromatic N) is 1. The van der Waals surface area contributed by atoms with Crippen molar-refractivity contribution >= 4 is 23.7 Å². The second-order valence-corrected chi connectivity index (χ2v) is 6.73. The van der Waals surface area contributed by atoms with E-state index in [4.69, 9.17) is 0 Å². The average molecular weight is 471 g/mol. The van der Waals surface area contributed by atoms with E-state index >= 15 is 0 Å². The molecule has 0 aliphatic rings. The summed E-state index contributed by atoms with van der Waals surface area (Å²) >= 11 is 0.370. The maximum absolute atomic E-state index is 13.3. The summed E-state index contributed by atoms with van der Waals surface area (Å²) in [5, 5.41) is 4.74. The second-order valence-electron chi connectivity index (χ2n) is 5.77. The molecule has 0 bridgehead atoms. The molecule has 0 atom stereocenters. The van der Waals surface area contributed by atoms with Gasteiger partial charge in [-0.3, -0.25) is 14.6 Å². The van der Waals surface area contributed by atoms with E-state index < -0.39 is 75.0 Å². The number of carbonyl (C=O) groups excluding carboxylic acids is 2. The average Bonchev–Trinajstić information content (AvgIpc) is 2.64. The van der Waals surface area contributed by atoms with E-state index in [1.54, 1.807) is 4.98 Å². The molecular weight excluding hydrogens is 460 g/mol. The Bertz CT molecular complexity index is 1120. The van der Waals surface area contributed by atoms with Gasteiger partial charge >= 0.3 is 30.0 Å². The molecular formula is C16H11F6N3O5S. The zero-order chi connectivity index (χ0) is 23.6. The monoisotopic (exact) mass is 471 g/mol. The molecule has 0 fully saturated rings. The molecule has 31 heavy (non-hydrogen) atoms. The van der Waals surface area contributed by atoms with Crippen LogP contribution in [-0.2, 0) is 28.3 Å². The van der Waals surface area contributed by atoms with Gasteiger partial charge in [0.1, 0.15) is 0 Å².